The number of thioether (sulfide) groups is 1. The number of aromatic nitrogens is 5. The standard InChI is InChI=1S/C12H12BrN5S/c1-8-11(13)9(17(2)16-8)7-19-12-15-14-10-5-3-4-6-18(10)12/h3-6H,7H2,1-2H3. The van der Waals surface area contributed by atoms with Crippen molar-refractivity contribution in [2.24, 2.45) is 7.05 Å². The van der Waals surface area contributed by atoms with Gasteiger partial charge in [-0.15, -0.1) is 10.2 Å². The van der Waals surface area contributed by atoms with Crippen LogP contribution in [0.1, 0.15) is 11.4 Å². The molecular weight excluding hydrogens is 326 g/mol. The molecule has 0 unspecified atom stereocenters. The highest BCUT2D eigenvalue weighted by atomic mass is 79.9. The fraction of sp³-hybridized carbons (Fsp3) is 0.250. The van der Waals surface area contributed by atoms with Crippen LogP contribution in [-0.4, -0.2) is 24.4 Å². The molecule has 0 aliphatic heterocycles. The molecule has 0 amide bonds. The highest BCUT2D eigenvalue weighted by molar-refractivity contribution is 9.10. The van der Waals surface area contributed by atoms with Crippen molar-refractivity contribution >= 4 is 33.3 Å². The van der Waals surface area contributed by atoms with E-state index < -0.39 is 0 Å². The maximum atomic E-state index is 4.39. The van der Waals surface area contributed by atoms with E-state index in [0.29, 0.717) is 0 Å². The molecule has 3 heterocycles. The Bertz CT molecular complexity index is 733. The van der Waals surface area contributed by atoms with E-state index in [-0.39, 0.29) is 0 Å². The van der Waals surface area contributed by atoms with Gasteiger partial charge in [0.2, 0.25) is 0 Å². The van der Waals surface area contributed by atoms with Gasteiger partial charge in [-0.25, -0.2) is 0 Å². The number of hydrogen-bond acceptors (Lipinski definition) is 4. The van der Waals surface area contributed by atoms with Crippen LogP contribution in [0.3, 0.4) is 0 Å². The molecule has 0 aromatic carbocycles. The van der Waals surface area contributed by atoms with E-state index >= 15 is 0 Å². The second kappa shape index (κ2) is 4.97. The van der Waals surface area contributed by atoms with E-state index in [9.17, 15) is 0 Å². The van der Waals surface area contributed by atoms with Gasteiger partial charge in [0.15, 0.2) is 10.8 Å². The number of pyridine rings is 1. The Balaban J connectivity index is 1.86. The van der Waals surface area contributed by atoms with Crippen molar-refractivity contribution in [3.05, 3.63) is 40.3 Å². The number of nitrogens with zero attached hydrogens (tertiary/aromatic N) is 5. The molecule has 0 fully saturated rings. The molecular formula is C12H12BrN5S. The van der Waals surface area contributed by atoms with Gasteiger partial charge >= 0.3 is 0 Å². The fourth-order valence-electron chi connectivity index (χ4n) is 1.89. The summed E-state index contributed by atoms with van der Waals surface area (Å²) in [5.41, 5.74) is 3.02. The van der Waals surface area contributed by atoms with E-state index in [1.54, 1.807) is 11.8 Å². The molecule has 0 atom stereocenters. The first kappa shape index (κ1) is 12.7. The van der Waals surface area contributed by atoms with Crippen molar-refractivity contribution in [2.45, 2.75) is 17.8 Å². The number of halogens is 1. The number of fused-ring (bicyclic) bond motifs is 1. The molecule has 0 radical (unpaired) electrons. The van der Waals surface area contributed by atoms with Crippen molar-refractivity contribution in [3.63, 3.8) is 0 Å². The van der Waals surface area contributed by atoms with Crippen LogP contribution in [0.15, 0.2) is 34.0 Å². The maximum Gasteiger partial charge on any atom is 0.195 e. The molecule has 3 aromatic heterocycles. The first-order valence-corrected chi connectivity index (χ1v) is 7.55. The fourth-order valence-corrected chi connectivity index (χ4v) is 3.54. The molecule has 0 spiro atoms. The van der Waals surface area contributed by atoms with Crippen LogP contribution in [0, 0.1) is 6.92 Å². The number of aryl methyl sites for hydroxylation is 2. The average Bonchev–Trinajstić information content (AvgIpc) is 2.91. The van der Waals surface area contributed by atoms with Crippen molar-refractivity contribution in [1.82, 2.24) is 24.4 Å². The van der Waals surface area contributed by atoms with Crippen LogP contribution >= 0.6 is 27.7 Å². The van der Waals surface area contributed by atoms with Crippen LogP contribution in [-0.2, 0) is 12.8 Å². The van der Waals surface area contributed by atoms with Gasteiger partial charge in [0.25, 0.3) is 0 Å². The van der Waals surface area contributed by atoms with Gasteiger partial charge in [0, 0.05) is 19.0 Å². The topological polar surface area (TPSA) is 48.0 Å². The van der Waals surface area contributed by atoms with E-state index in [1.807, 2.05) is 47.4 Å². The largest absolute Gasteiger partial charge is 0.277 e. The molecule has 3 rings (SSSR count). The van der Waals surface area contributed by atoms with Gasteiger partial charge in [-0.3, -0.25) is 9.08 Å². The lowest BCUT2D eigenvalue weighted by atomic mass is 10.4. The van der Waals surface area contributed by atoms with Crippen molar-refractivity contribution in [2.75, 3.05) is 0 Å². The Labute approximate surface area is 123 Å². The molecule has 5 nitrogen and oxygen atoms in total. The zero-order valence-electron chi connectivity index (χ0n) is 10.5. The summed E-state index contributed by atoms with van der Waals surface area (Å²) in [4.78, 5) is 0. The summed E-state index contributed by atoms with van der Waals surface area (Å²) in [6.07, 6.45) is 1.97. The Morgan fingerprint density at radius 2 is 2.16 bits per heavy atom. The van der Waals surface area contributed by atoms with Crippen molar-refractivity contribution in [1.29, 1.82) is 0 Å². The monoisotopic (exact) mass is 337 g/mol. The van der Waals surface area contributed by atoms with Crippen LogP contribution in [0.5, 0.6) is 0 Å². The van der Waals surface area contributed by atoms with E-state index in [4.69, 9.17) is 0 Å². The molecule has 0 bridgehead atoms. The predicted molar refractivity (Wildman–Crippen MR) is 78.2 cm³/mol. The van der Waals surface area contributed by atoms with E-state index in [0.717, 1.165) is 32.4 Å². The molecule has 19 heavy (non-hydrogen) atoms. The minimum absolute atomic E-state index is 0.799. The van der Waals surface area contributed by atoms with E-state index in [2.05, 4.69) is 31.2 Å². The minimum Gasteiger partial charge on any atom is -0.277 e. The molecule has 0 aliphatic carbocycles. The Kier molecular flexibility index (Phi) is 3.32. The number of rotatable bonds is 3. The lowest BCUT2D eigenvalue weighted by molar-refractivity contribution is 0.726. The Morgan fingerprint density at radius 1 is 1.32 bits per heavy atom. The van der Waals surface area contributed by atoms with Crippen LogP contribution < -0.4 is 0 Å². The Hall–Kier alpha value is -1.34. The zero-order valence-corrected chi connectivity index (χ0v) is 12.9. The third kappa shape index (κ3) is 2.28. The molecule has 0 aliphatic rings. The molecule has 98 valence electrons. The predicted octanol–water partition coefficient (Wildman–Crippen LogP) is 2.83. The van der Waals surface area contributed by atoms with Gasteiger partial charge in [-0.2, -0.15) is 5.10 Å². The summed E-state index contributed by atoms with van der Waals surface area (Å²) in [6.45, 7) is 1.99. The van der Waals surface area contributed by atoms with Crippen LogP contribution in [0.4, 0.5) is 0 Å². The SMILES string of the molecule is Cc1nn(C)c(CSc2nnc3ccccn23)c1Br. The van der Waals surface area contributed by atoms with Gasteiger partial charge in [0.05, 0.1) is 15.9 Å². The molecule has 7 heteroatoms. The highest BCUT2D eigenvalue weighted by Gasteiger charge is 2.12. The summed E-state index contributed by atoms with van der Waals surface area (Å²) in [5.74, 6) is 0.799. The molecule has 0 saturated heterocycles. The molecule has 0 saturated carbocycles. The third-order valence-electron chi connectivity index (χ3n) is 2.88. The first-order valence-electron chi connectivity index (χ1n) is 5.77. The van der Waals surface area contributed by atoms with Gasteiger partial charge in [0.1, 0.15) is 0 Å². The summed E-state index contributed by atoms with van der Waals surface area (Å²) in [5, 5.41) is 13.6. The second-order valence-electron chi connectivity index (χ2n) is 4.17. The molecule has 3 aromatic rings. The van der Waals surface area contributed by atoms with E-state index in [1.165, 1.54) is 0 Å². The summed E-state index contributed by atoms with van der Waals surface area (Å²) in [6, 6.07) is 5.88. The second-order valence-corrected chi connectivity index (χ2v) is 5.91. The number of hydrogen-bond donors (Lipinski definition) is 0. The van der Waals surface area contributed by atoms with Crippen LogP contribution in [0.25, 0.3) is 5.65 Å². The molecule has 0 N–H and O–H groups in total. The van der Waals surface area contributed by atoms with Gasteiger partial charge in [-0.1, -0.05) is 17.8 Å². The highest BCUT2D eigenvalue weighted by Crippen LogP contribution is 2.27. The average molecular weight is 338 g/mol. The van der Waals surface area contributed by atoms with Crippen LogP contribution in [0.2, 0.25) is 0 Å². The first-order chi connectivity index (χ1) is 9.16. The zero-order chi connectivity index (χ0) is 13.4. The quantitative estimate of drug-likeness (QED) is 0.689. The summed E-state index contributed by atoms with van der Waals surface area (Å²) >= 11 is 5.23. The maximum absolute atomic E-state index is 4.39. The lowest BCUT2D eigenvalue weighted by Gasteiger charge is -2.02. The minimum atomic E-state index is 0.799. The lowest BCUT2D eigenvalue weighted by Crippen LogP contribution is -1.97. The van der Waals surface area contributed by atoms with Gasteiger partial charge < -0.3 is 0 Å². The van der Waals surface area contributed by atoms with Crippen molar-refractivity contribution in [3.8, 4) is 0 Å². The Morgan fingerprint density at radius 3 is 2.89 bits per heavy atom. The van der Waals surface area contributed by atoms with Crippen molar-refractivity contribution < 1.29 is 0 Å². The summed E-state index contributed by atoms with van der Waals surface area (Å²) < 4.78 is 4.95. The smallest absolute Gasteiger partial charge is 0.195 e. The summed E-state index contributed by atoms with van der Waals surface area (Å²) in [7, 11) is 1.95. The van der Waals surface area contributed by atoms with Gasteiger partial charge in [-0.05, 0) is 35.0 Å². The third-order valence-corrected chi connectivity index (χ3v) is 4.87. The normalized spacial score (nSPS) is 11.3.